The third kappa shape index (κ3) is 6.86. The van der Waals surface area contributed by atoms with Gasteiger partial charge in [-0.25, -0.2) is 9.37 Å². The summed E-state index contributed by atoms with van der Waals surface area (Å²) in [4.78, 5) is 8.58. The Morgan fingerprint density at radius 3 is 2.83 bits per heavy atom. The van der Waals surface area contributed by atoms with E-state index in [9.17, 15) is 4.39 Å². The van der Waals surface area contributed by atoms with Crippen LogP contribution in [0.1, 0.15) is 18.1 Å². The second-order valence-electron chi connectivity index (χ2n) is 5.31. The lowest BCUT2D eigenvalue weighted by molar-refractivity contribution is 0.625. The molecule has 0 aliphatic heterocycles. The van der Waals surface area contributed by atoms with E-state index >= 15 is 0 Å². The number of nitrogens with one attached hydrogen (secondary N) is 2. The first-order valence-corrected chi connectivity index (χ1v) is 7.92. The average Bonchev–Trinajstić information content (AvgIpc) is 3.03. The highest BCUT2D eigenvalue weighted by Gasteiger charge is 2.01. The number of imidazole rings is 1. The van der Waals surface area contributed by atoms with Gasteiger partial charge in [0.15, 0.2) is 5.96 Å². The summed E-state index contributed by atoms with van der Waals surface area (Å²) in [5, 5.41) is 6.53. The Hall–Kier alpha value is -1.64. The fourth-order valence-corrected chi connectivity index (χ4v) is 2.29. The second kappa shape index (κ2) is 11.0. The minimum atomic E-state index is -0.191. The van der Waals surface area contributed by atoms with E-state index in [1.165, 1.54) is 6.07 Å². The van der Waals surface area contributed by atoms with Gasteiger partial charge < -0.3 is 15.2 Å². The lowest BCUT2D eigenvalue weighted by Crippen LogP contribution is -2.39. The molecule has 2 N–H and O–H groups in total. The molecule has 0 unspecified atom stereocenters. The van der Waals surface area contributed by atoms with Gasteiger partial charge in [0.25, 0.3) is 0 Å². The van der Waals surface area contributed by atoms with Crippen LogP contribution in [0.4, 0.5) is 4.39 Å². The summed E-state index contributed by atoms with van der Waals surface area (Å²) in [7, 11) is 0. The van der Waals surface area contributed by atoms with Crippen LogP contribution in [-0.2, 0) is 13.0 Å². The first-order valence-electron chi connectivity index (χ1n) is 7.92. The van der Waals surface area contributed by atoms with Crippen molar-refractivity contribution >= 4 is 29.9 Å². The van der Waals surface area contributed by atoms with Gasteiger partial charge in [0, 0.05) is 38.6 Å². The molecule has 0 fully saturated rings. The molecule has 0 aliphatic rings. The van der Waals surface area contributed by atoms with Gasteiger partial charge in [-0.2, -0.15) is 0 Å². The van der Waals surface area contributed by atoms with Gasteiger partial charge in [-0.05, 0) is 43.5 Å². The molecule has 2 aromatic rings. The largest absolute Gasteiger partial charge is 0.357 e. The van der Waals surface area contributed by atoms with E-state index in [1.54, 1.807) is 18.6 Å². The molecule has 0 aliphatic carbocycles. The minimum absolute atomic E-state index is 0. The molecule has 0 bridgehead atoms. The van der Waals surface area contributed by atoms with E-state index in [0.717, 1.165) is 43.1 Å². The molecule has 0 radical (unpaired) electrons. The number of hydrogen-bond acceptors (Lipinski definition) is 2. The fraction of sp³-hybridized carbons (Fsp3) is 0.412. The smallest absolute Gasteiger partial charge is 0.191 e. The predicted molar refractivity (Wildman–Crippen MR) is 106 cm³/mol. The van der Waals surface area contributed by atoms with E-state index in [2.05, 4.69) is 20.6 Å². The highest BCUT2D eigenvalue weighted by molar-refractivity contribution is 14.0. The third-order valence-corrected chi connectivity index (χ3v) is 3.52. The monoisotopic (exact) mass is 445 g/mol. The number of guanidine groups is 1. The van der Waals surface area contributed by atoms with Crippen LogP contribution in [0.25, 0.3) is 0 Å². The summed E-state index contributed by atoms with van der Waals surface area (Å²) in [6.07, 6.45) is 6.29. The van der Waals surface area contributed by atoms with Gasteiger partial charge in [-0.3, -0.25) is 4.99 Å². The topological polar surface area (TPSA) is 54.2 Å². The van der Waals surface area contributed by atoms with E-state index in [4.69, 9.17) is 0 Å². The number of rotatable bonds is 7. The summed E-state index contributed by atoms with van der Waals surface area (Å²) >= 11 is 0. The van der Waals surface area contributed by atoms with Crippen LogP contribution >= 0.6 is 24.0 Å². The summed E-state index contributed by atoms with van der Waals surface area (Å²) in [6, 6.07) is 4.90. The summed E-state index contributed by atoms with van der Waals surface area (Å²) < 4.78 is 15.1. The maximum atomic E-state index is 13.1. The van der Waals surface area contributed by atoms with Crippen molar-refractivity contribution in [2.75, 3.05) is 19.6 Å². The molecule has 5 nitrogen and oxygen atoms in total. The first-order chi connectivity index (χ1) is 11.2. The van der Waals surface area contributed by atoms with Crippen molar-refractivity contribution in [3.63, 3.8) is 0 Å². The van der Waals surface area contributed by atoms with Gasteiger partial charge in [0.05, 0.1) is 6.33 Å². The van der Waals surface area contributed by atoms with Crippen molar-refractivity contribution in [2.24, 2.45) is 4.99 Å². The maximum Gasteiger partial charge on any atom is 0.191 e. The van der Waals surface area contributed by atoms with Crippen molar-refractivity contribution in [1.82, 2.24) is 20.2 Å². The van der Waals surface area contributed by atoms with Crippen LogP contribution in [0.3, 0.4) is 0 Å². The SMILES string of the molecule is CCNC(=NCCc1ccc(F)cc1C)NCCn1ccnc1.I. The van der Waals surface area contributed by atoms with Gasteiger partial charge in [-0.15, -0.1) is 24.0 Å². The quantitative estimate of drug-likeness (QED) is 0.392. The zero-order valence-electron chi connectivity index (χ0n) is 14.1. The summed E-state index contributed by atoms with van der Waals surface area (Å²) in [5.41, 5.74) is 2.10. The molecule has 0 atom stereocenters. The Kier molecular flexibility index (Phi) is 9.36. The molecule has 0 amide bonds. The molecule has 7 heteroatoms. The average molecular weight is 445 g/mol. The molecule has 0 spiro atoms. The molecule has 1 aromatic heterocycles. The van der Waals surface area contributed by atoms with Crippen LogP contribution in [0.5, 0.6) is 0 Å². The number of aliphatic imine (C=N–C) groups is 1. The number of aryl methyl sites for hydroxylation is 1. The molecule has 0 saturated heterocycles. The van der Waals surface area contributed by atoms with Crippen LogP contribution in [0.2, 0.25) is 0 Å². The van der Waals surface area contributed by atoms with Crippen molar-refractivity contribution in [2.45, 2.75) is 26.8 Å². The van der Waals surface area contributed by atoms with E-state index in [-0.39, 0.29) is 29.8 Å². The number of benzene rings is 1. The van der Waals surface area contributed by atoms with Gasteiger partial charge >= 0.3 is 0 Å². The molecular weight excluding hydrogens is 420 g/mol. The van der Waals surface area contributed by atoms with Crippen LogP contribution in [0.15, 0.2) is 41.9 Å². The van der Waals surface area contributed by atoms with Crippen LogP contribution in [-0.4, -0.2) is 35.1 Å². The molecule has 132 valence electrons. The van der Waals surface area contributed by atoms with Crippen LogP contribution < -0.4 is 10.6 Å². The molecule has 24 heavy (non-hydrogen) atoms. The Morgan fingerprint density at radius 2 is 2.17 bits per heavy atom. The second-order valence-corrected chi connectivity index (χ2v) is 5.31. The lowest BCUT2D eigenvalue weighted by atomic mass is 10.1. The van der Waals surface area contributed by atoms with Gasteiger partial charge in [0.2, 0.25) is 0 Å². The number of hydrogen-bond donors (Lipinski definition) is 2. The molecule has 2 rings (SSSR count). The van der Waals surface area contributed by atoms with E-state index in [1.807, 2.05) is 30.7 Å². The molecular formula is C17H25FIN5. The highest BCUT2D eigenvalue weighted by Crippen LogP contribution is 2.10. The molecule has 1 heterocycles. The Labute approximate surface area is 159 Å². The number of halogens is 2. The number of nitrogens with zero attached hydrogens (tertiary/aromatic N) is 3. The van der Waals surface area contributed by atoms with Crippen molar-refractivity contribution < 1.29 is 4.39 Å². The standard InChI is InChI=1S/C17H24FN5.HI/c1-3-20-17(22-9-11-23-10-8-19-13-23)21-7-6-15-4-5-16(18)12-14(15)2;/h4-5,8,10,12-13H,3,6-7,9,11H2,1-2H3,(H2,20,21,22);1H. The van der Waals surface area contributed by atoms with Crippen molar-refractivity contribution in [3.8, 4) is 0 Å². The van der Waals surface area contributed by atoms with Crippen molar-refractivity contribution in [1.29, 1.82) is 0 Å². The maximum absolute atomic E-state index is 13.1. The molecule has 1 aromatic carbocycles. The Balaban J connectivity index is 0.00000288. The van der Waals surface area contributed by atoms with Gasteiger partial charge in [-0.1, -0.05) is 6.07 Å². The third-order valence-electron chi connectivity index (χ3n) is 3.52. The van der Waals surface area contributed by atoms with E-state index < -0.39 is 0 Å². The zero-order valence-corrected chi connectivity index (χ0v) is 16.5. The Bertz CT molecular complexity index is 628. The van der Waals surface area contributed by atoms with Crippen LogP contribution in [0, 0.1) is 12.7 Å². The number of aromatic nitrogens is 2. The summed E-state index contributed by atoms with van der Waals surface area (Å²) in [6.45, 7) is 7.05. The minimum Gasteiger partial charge on any atom is -0.357 e. The van der Waals surface area contributed by atoms with Crippen molar-refractivity contribution in [3.05, 3.63) is 53.9 Å². The molecule has 0 saturated carbocycles. The fourth-order valence-electron chi connectivity index (χ4n) is 2.29. The lowest BCUT2D eigenvalue weighted by Gasteiger charge is -2.12. The predicted octanol–water partition coefficient (Wildman–Crippen LogP) is 2.75. The normalized spacial score (nSPS) is 11.0. The zero-order chi connectivity index (χ0) is 16.5. The first kappa shape index (κ1) is 20.4. The summed E-state index contributed by atoms with van der Waals surface area (Å²) in [5.74, 6) is 0.608. The van der Waals surface area contributed by atoms with E-state index in [0.29, 0.717) is 6.54 Å². The Morgan fingerprint density at radius 1 is 1.33 bits per heavy atom. The van der Waals surface area contributed by atoms with Gasteiger partial charge in [0.1, 0.15) is 5.82 Å². The highest BCUT2D eigenvalue weighted by atomic mass is 127.